The summed E-state index contributed by atoms with van der Waals surface area (Å²) < 4.78 is 1.94. The quantitative estimate of drug-likeness (QED) is 0.432. The van der Waals surface area contributed by atoms with Crippen molar-refractivity contribution >= 4 is 41.3 Å². The fourth-order valence-corrected chi connectivity index (χ4v) is 0.164. The Morgan fingerprint density at radius 1 is 1.43 bits per heavy atom. The van der Waals surface area contributed by atoms with E-state index in [1.165, 1.54) is 0 Å². The summed E-state index contributed by atoms with van der Waals surface area (Å²) in [5.41, 5.74) is 0. The normalized spacial score (nSPS) is 10.7. The van der Waals surface area contributed by atoms with Gasteiger partial charge in [0.05, 0.1) is 0 Å². The Hall–Kier alpha value is 0.340. The van der Waals surface area contributed by atoms with Crippen molar-refractivity contribution in [3.8, 4) is 0 Å². The van der Waals surface area contributed by atoms with Crippen molar-refractivity contribution in [2.45, 2.75) is 3.98 Å². The fraction of sp³-hybridized carbons (Fsp3) is 0.500. The third kappa shape index (κ3) is 6.34. The molecule has 7 heavy (non-hydrogen) atoms. The predicted molar refractivity (Wildman–Crippen MR) is 27.4 cm³/mol. The first kappa shape index (κ1) is 7.34. The second-order valence-electron chi connectivity index (χ2n) is 0.660. The van der Waals surface area contributed by atoms with Gasteiger partial charge in [-0.1, -0.05) is 0 Å². The third-order valence-electron chi connectivity index (χ3n) is 0.182. The molecular weight excluding hydrogens is 162 g/mol. The van der Waals surface area contributed by atoms with E-state index in [4.69, 9.17) is 34.8 Å². The molecule has 0 aliphatic rings. The summed E-state index contributed by atoms with van der Waals surface area (Å²) in [6, 6.07) is 0. The molecule has 42 valence electrons. The highest BCUT2D eigenvalue weighted by molar-refractivity contribution is 6.66. The molecule has 0 spiro atoms. The standard InChI is InChI=1S/C2HCl3O2/c3-2(4,5)7-1-6/h1H. The summed E-state index contributed by atoms with van der Waals surface area (Å²) in [6.45, 7) is 0.0625. The second-order valence-corrected chi connectivity index (χ2v) is 2.84. The zero-order valence-electron chi connectivity index (χ0n) is 3.03. The van der Waals surface area contributed by atoms with Gasteiger partial charge in [0, 0.05) is 0 Å². The smallest absolute Gasteiger partial charge is 0.340 e. The van der Waals surface area contributed by atoms with Gasteiger partial charge >= 0.3 is 3.98 Å². The fourth-order valence-electron chi connectivity index (χ4n) is 0.0546. The predicted octanol–water partition coefficient (Wildman–Crippen LogP) is 1.49. The van der Waals surface area contributed by atoms with Crippen molar-refractivity contribution in [3.05, 3.63) is 0 Å². The molecule has 0 saturated heterocycles. The van der Waals surface area contributed by atoms with Gasteiger partial charge in [0.25, 0.3) is 6.47 Å². The van der Waals surface area contributed by atoms with Gasteiger partial charge in [0.1, 0.15) is 0 Å². The summed E-state index contributed by atoms with van der Waals surface area (Å²) in [4.78, 5) is 9.34. The van der Waals surface area contributed by atoms with E-state index in [0.29, 0.717) is 0 Å². The molecule has 0 aromatic heterocycles. The lowest BCUT2D eigenvalue weighted by molar-refractivity contribution is -0.129. The van der Waals surface area contributed by atoms with E-state index in [1.807, 2.05) is 0 Å². The van der Waals surface area contributed by atoms with Crippen LogP contribution in [-0.2, 0) is 9.53 Å². The third-order valence-corrected chi connectivity index (χ3v) is 0.449. The van der Waals surface area contributed by atoms with Gasteiger partial charge in [0.15, 0.2) is 0 Å². The van der Waals surface area contributed by atoms with Crippen LogP contribution >= 0.6 is 34.8 Å². The molecule has 0 bridgehead atoms. The van der Waals surface area contributed by atoms with Gasteiger partial charge < -0.3 is 4.74 Å². The Labute approximate surface area is 55.3 Å². The van der Waals surface area contributed by atoms with Crippen molar-refractivity contribution in [1.29, 1.82) is 0 Å². The van der Waals surface area contributed by atoms with Crippen LogP contribution in [0, 0.1) is 0 Å². The van der Waals surface area contributed by atoms with Crippen LogP contribution in [0.3, 0.4) is 0 Å². The van der Waals surface area contributed by atoms with Crippen LogP contribution in [0.4, 0.5) is 0 Å². The minimum Gasteiger partial charge on any atom is -0.417 e. The summed E-state index contributed by atoms with van der Waals surface area (Å²) in [5.74, 6) is 0. The number of alkyl halides is 3. The summed E-state index contributed by atoms with van der Waals surface area (Å²) in [5, 5.41) is 0. The van der Waals surface area contributed by atoms with Crippen LogP contribution in [0.25, 0.3) is 0 Å². The van der Waals surface area contributed by atoms with Crippen molar-refractivity contribution in [2.24, 2.45) is 0 Å². The molecule has 0 saturated carbocycles. The zero-order chi connectivity index (χ0) is 5.91. The molecule has 0 atom stereocenters. The van der Waals surface area contributed by atoms with E-state index >= 15 is 0 Å². The maximum Gasteiger partial charge on any atom is 0.340 e. The summed E-state index contributed by atoms with van der Waals surface area (Å²) >= 11 is 14.7. The van der Waals surface area contributed by atoms with Crippen LogP contribution in [-0.4, -0.2) is 10.5 Å². The topological polar surface area (TPSA) is 26.3 Å². The molecule has 0 aromatic rings. The molecule has 0 unspecified atom stereocenters. The van der Waals surface area contributed by atoms with E-state index in [0.717, 1.165) is 0 Å². The van der Waals surface area contributed by atoms with Crippen LogP contribution in [0.2, 0.25) is 0 Å². The molecule has 0 rings (SSSR count). The average molecular weight is 163 g/mol. The average Bonchev–Trinajstić information content (AvgIpc) is 1.30. The lowest BCUT2D eigenvalue weighted by Crippen LogP contribution is -2.05. The Morgan fingerprint density at radius 2 is 1.86 bits per heavy atom. The minimum absolute atomic E-state index is 0.0625. The monoisotopic (exact) mass is 162 g/mol. The molecular formula is C2HCl3O2. The van der Waals surface area contributed by atoms with Crippen LogP contribution in [0.5, 0.6) is 0 Å². The minimum atomic E-state index is -1.90. The first-order chi connectivity index (χ1) is 3.06. The molecule has 0 radical (unpaired) electrons. The van der Waals surface area contributed by atoms with E-state index in [9.17, 15) is 4.79 Å². The number of carbonyl (C=O) groups is 1. The van der Waals surface area contributed by atoms with Gasteiger partial charge in [0.2, 0.25) is 0 Å². The van der Waals surface area contributed by atoms with Gasteiger partial charge in [-0.05, 0) is 34.8 Å². The number of halogens is 3. The van der Waals surface area contributed by atoms with Crippen LogP contribution in [0.15, 0.2) is 0 Å². The molecule has 0 heterocycles. The lowest BCUT2D eigenvalue weighted by atomic mass is 11.5. The summed E-state index contributed by atoms with van der Waals surface area (Å²) in [7, 11) is 0. The van der Waals surface area contributed by atoms with Crippen molar-refractivity contribution in [2.75, 3.05) is 0 Å². The lowest BCUT2D eigenvalue weighted by Gasteiger charge is -2.04. The molecule has 0 aromatic carbocycles. The highest BCUT2D eigenvalue weighted by Gasteiger charge is 2.19. The van der Waals surface area contributed by atoms with Gasteiger partial charge in [-0.15, -0.1) is 0 Å². The molecule has 5 heteroatoms. The number of ether oxygens (including phenoxy) is 1. The number of hydrogen-bond donors (Lipinski definition) is 0. The molecule has 0 aliphatic heterocycles. The van der Waals surface area contributed by atoms with Crippen LogP contribution < -0.4 is 0 Å². The largest absolute Gasteiger partial charge is 0.417 e. The number of hydrogen-bond acceptors (Lipinski definition) is 2. The molecule has 2 nitrogen and oxygen atoms in total. The SMILES string of the molecule is O=COC(Cl)(Cl)Cl. The highest BCUT2D eigenvalue weighted by atomic mass is 35.6. The Kier molecular flexibility index (Phi) is 2.73. The van der Waals surface area contributed by atoms with Gasteiger partial charge in [-0.25, -0.2) is 0 Å². The van der Waals surface area contributed by atoms with Crippen molar-refractivity contribution < 1.29 is 9.53 Å². The molecule has 0 aliphatic carbocycles. The van der Waals surface area contributed by atoms with E-state index < -0.39 is 3.98 Å². The van der Waals surface area contributed by atoms with E-state index in [2.05, 4.69) is 4.74 Å². The Balaban J connectivity index is 3.34. The van der Waals surface area contributed by atoms with E-state index in [1.54, 1.807) is 0 Å². The highest BCUT2D eigenvalue weighted by Crippen LogP contribution is 2.25. The number of carbonyl (C=O) groups excluding carboxylic acids is 1. The maximum atomic E-state index is 9.34. The molecule has 0 fully saturated rings. The Bertz CT molecular complexity index is 65.8. The van der Waals surface area contributed by atoms with Crippen molar-refractivity contribution in [3.63, 3.8) is 0 Å². The second kappa shape index (κ2) is 2.60. The van der Waals surface area contributed by atoms with Gasteiger partial charge in [-0.2, -0.15) is 0 Å². The van der Waals surface area contributed by atoms with Gasteiger partial charge in [-0.3, -0.25) is 4.79 Å². The number of rotatable bonds is 1. The maximum absolute atomic E-state index is 9.34. The zero-order valence-corrected chi connectivity index (χ0v) is 5.30. The first-order valence-corrected chi connectivity index (χ1v) is 2.38. The molecule has 0 amide bonds. The Morgan fingerprint density at radius 3 is 1.86 bits per heavy atom. The first-order valence-electron chi connectivity index (χ1n) is 1.24. The summed E-state index contributed by atoms with van der Waals surface area (Å²) in [6.07, 6.45) is 0. The van der Waals surface area contributed by atoms with Crippen LogP contribution in [0.1, 0.15) is 0 Å². The van der Waals surface area contributed by atoms with E-state index in [-0.39, 0.29) is 6.47 Å². The molecule has 0 N–H and O–H groups in total. The van der Waals surface area contributed by atoms with Crippen molar-refractivity contribution in [1.82, 2.24) is 0 Å².